The molecular formula is C20H26FN3O3. The van der Waals surface area contributed by atoms with Crippen molar-refractivity contribution in [3.8, 4) is 0 Å². The third kappa shape index (κ3) is 3.93. The number of piperidine rings is 1. The van der Waals surface area contributed by atoms with Crippen molar-refractivity contribution < 1.29 is 18.7 Å². The van der Waals surface area contributed by atoms with Gasteiger partial charge in [-0.25, -0.2) is 9.18 Å². The summed E-state index contributed by atoms with van der Waals surface area (Å²) in [6.45, 7) is 4.51. The van der Waals surface area contributed by atoms with Crippen molar-refractivity contribution in [2.45, 2.75) is 37.8 Å². The van der Waals surface area contributed by atoms with E-state index in [0.717, 1.165) is 19.6 Å². The van der Waals surface area contributed by atoms with Crippen LogP contribution in [-0.2, 0) is 16.0 Å². The summed E-state index contributed by atoms with van der Waals surface area (Å²) in [6.07, 6.45) is 3.20. The number of nitrogens with zero attached hydrogens (tertiary/aromatic N) is 3. The Morgan fingerprint density at radius 3 is 2.67 bits per heavy atom. The first-order chi connectivity index (χ1) is 13.1. The van der Waals surface area contributed by atoms with Gasteiger partial charge in [-0.1, -0.05) is 24.6 Å². The number of ether oxygens (including phenoxy) is 1. The van der Waals surface area contributed by atoms with E-state index < -0.39 is 0 Å². The molecular weight excluding hydrogens is 349 g/mol. The Balaban J connectivity index is 1.33. The van der Waals surface area contributed by atoms with Crippen LogP contribution in [0.3, 0.4) is 0 Å². The number of hydrogen-bond acceptors (Lipinski definition) is 4. The average Bonchev–Trinajstić information content (AvgIpc) is 3.20. The van der Waals surface area contributed by atoms with Gasteiger partial charge in [-0.05, 0) is 37.6 Å². The van der Waals surface area contributed by atoms with Gasteiger partial charge in [-0.3, -0.25) is 9.69 Å². The minimum Gasteiger partial charge on any atom is -0.442 e. The summed E-state index contributed by atoms with van der Waals surface area (Å²) < 4.78 is 19.3. The monoisotopic (exact) mass is 375 g/mol. The fraction of sp³-hybridized carbons (Fsp3) is 0.600. The van der Waals surface area contributed by atoms with Crippen molar-refractivity contribution in [3.63, 3.8) is 0 Å². The van der Waals surface area contributed by atoms with Crippen LogP contribution in [0, 0.1) is 5.82 Å². The Kier molecular flexibility index (Phi) is 5.29. The second-order valence-corrected chi connectivity index (χ2v) is 7.65. The molecule has 146 valence electrons. The molecule has 7 heteroatoms. The molecule has 3 fully saturated rings. The van der Waals surface area contributed by atoms with Gasteiger partial charge in [0.25, 0.3) is 0 Å². The lowest BCUT2D eigenvalue weighted by Gasteiger charge is -2.29. The number of likely N-dealkylation sites (tertiary alicyclic amines) is 2. The van der Waals surface area contributed by atoms with Gasteiger partial charge >= 0.3 is 6.09 Å². The molecule has 0 radical (unpaired) electrons. The van der Waals surface area contributed by atoms with Gasteiger partial charge in [-0.15, -0.1) is 0 Å². The van der Waals surface area contributed by atoms with Gasteiger partial charge in [0, 0.05) is 19.6 Å². The zero-order valence-corrected chi connectivity index (χ0v) is 15.5. The first-order valence-electron chi connectivity index (χ1n) is 9.82. The van der Waals surface area contributed by atoms with E-state index in [0.29, 0.717) is 25.2 Å². The number of amides is 2. The average molecular weight is 375 g/mol. The van der Waals surface area contributed by atoms with Crippen LogP contribution in [0.15, 0.2) is 24.3 Å². The summed E-state index contributed by atoms with van der Waals surface area (Å²) in [5, 5.41) is 0. The molecule has 0 bridgehead atoms. The molecule has 3 aliphatic heterocycles. The molecule has 3 aliphatic rings. The first kappa shape index (κ1) is 18.2. The van der Waals surface area contributed by atoms with Gasteiger partial charge in [0.1, 0.15) is 11.9 Å². The Bertz CT molecular complexity index is 707. The maximum Gasteiger partial charge on any atom is 0.410 e. The SMILES string of the molecule is O=C(Cc1ccccc1F)N1C[C@H]2OC(=O)N(CCN3CCCCC3)[C@H]2C1. The van der Waals surface area contributed by atoms with Crippen LogP contribution in [0.5, 0.6) is 0 Å². The number of hydrogen-bond donors (Lipinski definition) is 0. The van der Waals surface area contributed by atoms with E-state index in [1.807, 2.05) is 0 Å². The Morgan fingerprint density at radius 2 is 1.89 bits per heavy atom. The number of carbonyl (C=O) groups excluding carboxylic acids is 2. The topological polar surface area (TPSA) is 53.1 Å². The van der Waals surface area contributed by atoms with Crippen molar-refractivity contribution in [2.24, 2.45) is 0 Å². The Labute approximate surface area is 158 Å². The molecule has 2 atom stereocenters. The molecule has 0 spiro atoms. The molecule has 3 heterocycles. The van der Waals surface area contributed by atoms with Crippen molar-refractivity contribution in [1.82, 2.24) is 14.7 Å². The summed E-state index contributed by atoms with van der Waals surface area (Å²) in [7, 11) is 0. The molecule has 0 saturated carbocycles. The van der Waals surface area contributed by atoms with Gasteiger partial charge in [0.15, 0.2) is 0 Å². The van der Waals surface area contributed by atoms with Crippen LogP contribution in [-0.4, -0.2) is 78.1 Å². The lowest BCUT2D eigenvalue weighted by Crippen LogP contribution is -2.44. The van der Waals surface area contributed by atoms with E-state index in [9.17, 15) is 14.0 Å². The molecule has 1 aromatic carbocycles. The molecule has 1 aromatic rings. The second kappa shape index (κ2) is 7.84. The molecule has 0 aliphatic carbocycles. The highest BCUT2D eigenvalue weighted by Crippen LogP contribution is 2.27. The van der Waals surface area contributed by atoms with E-state index >= 15 is 0 Å². The zero-order valence-electron chi connectivity index (χ0n) is 15.5. The van der Waals surface area contributed by atoms with Crippen LogP contribution < -0.4 is 0 Å². The summed E-state index contributed by atoms with van der Waals surface area (Å²) >= 11 is 0. The number of rotatable bonds is 5. The predicted molar refractivity (Wildman–Crippen MR) is 97.7 cm³/mol. The quantitative estimate of drug-likeness (QED) is 0.789. The molecule has 2 amide bonds. The minimum atomic E-state index is -0.361. The van der Waals surface area contributed by atoms with Crippen LogP contribution in [0.25, 0.3) is 0 Å². The lowest BCUT2D eigenvalue weighted by molar-refractivity contribution is -0.130. The highest BCUT2D eigenvalue weighted by atomic mass is 19.1. The van der Waals surface area contributed by atoms with E-state index in [1.54, 1.807) is 28.0 Å². The maximum absolute atomic E-state index is 13.8. The van der Waals surface area contributed by atoms with Crippen LogP contribution in [0.4, 0.5) is 9.18 Å². The first-order valence-corrected chi connectivity index (χ1v) is 9.82. The second-order valence-electron chi connectivity index (χ2n) is 7.65. The smallest absolute Gasteiger partial charge is 0.410 e. The van der Waals surface area contributed by atoms with Gasteiger partial charge in [0.05, 0.1) is 19.0 Å². The minimum absolute atomic E-state index is 0.0356. The third-order valence-electron chi connectivity index (χ3n) is 5.88. The summed E-state index contributed by atoms with van der Waals surface area (Å²) in [5.41, 5.74) is 0.401. The maximum atomic E-state index is 13.8. The lowest BCUT2D eigenvalue weighted by atomic mass is 10.1. The fourth-order valence-corrected chi connectivity index (χ4v) is 4.31. The van der Waals surface area contributed by atoms with E-state index in [2.05, 4.69) is 4.90 Å². The van der Waals surface area contributed by atoms with Crippen LogP contribution in [0.2, 0.25) is 0 Å². The Hall–Kier alpha value is -2.15. The summed E-state index contributed by atoms with van der Waals surface area (Å²) in [4.78, 5) is 30.6. The number of benzene rings is 1. The van der Waals surface area contributed by atoms with E-state index in [4.69, 9.17) is 4.74 Å². The molecule has 4 rings (SSSR count). The van der Waals surface area contributed by atoms with Crippen molar-refractivity contribution in [1.29, 1.82) is 0 Å². The molecule has 27 heavy (non-hydrogen) atoms. The van der Waals surface area contributed by atoms with Crippen molar-refractivity contribution in [3.05, 3.63) is 35.6 Å². The number of fused-ring (bicyclic) bond motifs is 1. The van der Waals surface area contributed by atoms with Crippen LogP contribution >= 0.6 is 0 Å². The fourth-order valence-electron chi connectivity index (χ4n) is 4.31. The Morgan fingerprint density at radius 1 is 1.11 bits per heavy atom. The molecule has 6 nitrogen and oxygen atoms in total. The van der Waals surface area contributed by atoms with E-state index in [-0.39, 0.29) is 36.4 Å². The van der Waals surface area contributed by atoms with Crippen molar-refractivity contribution in [2.75, 3.05) is 39.3 Å². The summed E-state index contributed by atoms with van der Waals surface area (Å²) in [6, 6.07) is 6.25. The molecule has 0 N–H and O–H groups in total. The van der Waals surface area contributed by atoms with Crippen LogP contribution in [0.1, 0.15) is 24.8 Å². The summed E-state index contributed by atoms with van der Waals surface area (Å²) in [5.74, 6) is -0.485. The predicted octanol–water partition coefficient (Wildman–Crippen LogP) is 1.89. The van der Waals surface area contributed by atoms with Gasteiger partial charge < -0.3 is 14.5 Å². The molecule has 0 unspecified atom stereocenters. The van der Waals surface area contributed by atoms with Crippen molar-refractivity contribution >= 4 is 12.0 Å². The number of halogens is 1. The molecule has 0 aromatic heterocycles. The van der Waals surface area contributed by atoms with Gasteiger partial charge in [-0.2, -0.15) is 0 Å². The highest BCUT2D eigenvalue weighted by molar-refractivity contribution is 5.80. The largest absolute Gasteiger partial charge is 0.442 e. The molecule has 3 saturated heterocycles. The van der Waals surface area contributed by atoms with E-state index in [1.165, 1.54) is 25.3 Å². The van der Waals surface area contributed by atoms with Gasteiger partial charge in [0.2, 0.25) is 5.91 Å². The highest BCUT2D eigenvalue weighted by Gasteiger charge is 2.48. The normalized spacial score (nSPS) is 25.6. The zero-order chi connectivity index (χ0) is 18.8. The third-order valence-corrected chi connectivity index (χ3v) is 5.88. The standard InChI is InChI=1S/C20H26FN3O3/c21-16-7-3-2-6-15(16)12-19(25)23-13-17-18(14-23)27-20(26)24(17)11-10-22-8-4-1-5-9-22/h2-3,6-7,17-18H,1,4-5,8-14H2/t17-,18+/m0/s1. The number of carbonyl (C=O) groups is 2.